The van der Waals surface area contributed by atoms with Crippen molar-refractivity contribution >= 4 is 17.5 Å². The van der Waals surface area contributed by atoms with E-state index in [1.165, 1.54) is 5.56 Å². The third kappa shape index (κ3) is 3.56. The number of piperazine rings is 1. The van der Waals surface area contributed by atoms with Crippen molar-refractivity contribution in [3.05, 3.63) is 53.0 Å². The van der Waals surface area contributed by atoms with Crippen LogP contribution in [0.2, 0.25) is 0 Å². The summed E-state index contributed by atoms with van der Waals surface area (Å²) in [6.07, 6.45) is 1.35. The van der Waals surface area contributed by atoms with Crippen LogP contribution in [0.4, 0.5) is 5.82 Å². The molecule has 0 N–H and O–H groups in total. The highest BCUT2D eigenvalue weighted by Gasteiger charge is 2.23. The minimum absolute atomic E-state index is 0.189. The molecule has 1 saturated heterocycles. The molecule has 1 amide bonds. The van der Waals surface area contributed by atoms with E-state index in [9.17, 15) is 4.79 Å². The van der Waals surface area contributed by atoms with Crippen LogP contribution >= 0.6 is 0 Å². The standard InChI is InChI=1S/C21H26N6O/c1-4-18-14-19(22-21-24-23-16(3)27(18)21)25-9-11-26(12-10-25)20(28)13-17-7-5-15(2)6-8-17/h5-8,14H,4,9-13H2,1-3H3. The fraction of sp³-hybridized carbons (Fsp3) is 0.429. The van der Waals surface area contributed by atoms with E-state index < -0.39 is 0 Å². The lowest BCUT2D eigenvalue weighted by Crippen LogP contribution is -2.49. The van der Waals surface area contributed by atoms with Crippen LogP contribution in [0.1, 0.15) is 29.6 Å². The molecule has 0 bridgehead atoms. The smallest absolute Gasteiger partial charge is 0.257 e. The van der Waals surface area contributed by atoms with Crippen LogP contribution in [0.3, 0.4) is 0 Å². The topological polar surface area (TPSA) is 66.6 Å². The molecule has 1 aliphatic heterocycles. The van der Waals surface area contributed by atoms with E-state index in [-0.39, 0.29) is 5.91 Å². The van der Waals surface area contributed by atoms with Gasteiger partial charge in [0.15, 0.2) is 0 Å². The number of rotatable bonds is 4. The molecule has 2 aromatic heterocycles. The second-order valence-corrected chi connectivity index (χ2v) is 7.37. The fourth-order valence-electron chi connectivity index (χ4n) is 3.71. The summed E-state index contributed by atoms with van der Waals surface area (Å²) in [5.74, 6) is 2.61. The first-order valence-corrected chi connectivity index (χ1v) is 9.85. The number of aryl methyl sites for hydroxylation is 3. The van der Waals surface area contributed by atoms with Crippen LogP contribution in [0.15, 0.2) is 30.3 Å². The van der Waals surface area contributed by atoms with Crippen molar-refractivity contribution < 1.29 is 4.79 Å². The van der Waals surface area contributed by atoms with Gasteiger partial charge in [0.05, 0.1) is 6.42 Å². The third-order valence-corrected chi connectivity index (χ3v) is 5.40. The second kappa shape index (κ2) is 7.58. The van der Waals surface area contributed by atoms with Gasteiger partial charge in [-0.3, -0.25) is 9.20 Å². The molecular weight excluding hydrogens is 352 g/mol. The van der Waals surface area contributed by atoms with Crippen LogP contribution in [0.25, 0.3) is 5.78 Å². The lowest BCUT2D eigenvalue weighted by atomic mass is 10.1. The number of aromatic nitrogens is 4. The van der Waals surface area contributed by atoms with Crippen LogP contribution in [-0.2, 0) is 17.6 Å². The van der Waals surface area contributed by atoms with E-state index in [1.54, 1.807) is 0 Å². The first-order chi connectivity index (χ1) is 13.5. The molecule has 0 saturated carbocycles. The molecule has 3 heterocycles. The number of nitrogens with zero attached hydrogens (tertiary/aromatic N) is 6. The quantitative estimate of drug-likeness (QED) is 0.696. The van der Waals surface area contributed by atoms with Crippen molar-refractivity contribution in [2.75, 3.05) is 31.1 Å². The van der Waals surface area contributed by atoms with Gasteiger partial charge in [0.1, 0.15) is 11.6 Å². The number of carbonyl (C=O) groups is 1. The zero-order valence-electron chi connectivity index (χ0n) is 16.7. The highest BCUT2D eigenvalue weighted by atomic mass is 16.2. The predicted octanol–water partition coefficient (Wildman–Crippen LogP) is 2.19. The molecule has 0 aliphatic carbocycles. The molecule has 1 aromatic carbocycles. The lowest BCUT2D eigenvalue weighted by molar-refractivity contribution is -0.130. The SMILES string of the molecule is CCc1cc(N2CCN(C(=O)Cc3ccc(C)cc3)CC2)nc2nnc(C)n12. The molecular formula is C21H26N6O. The van der Waals surface area contributed by atoms with Crippen molar-refractivity contribution in [1.29, 1.82) is 0 Å². The van der Waals surface area contributed by atoms with Crippen LogP contribution < -0.4 is 4.90 Å². The van der Waals surface area contributed by atoms with E-state index in [0.717, 1.165) is 42.4 Å². The van der Waals surface area contributed by atoms with Gasteiger partial charge in [-0.05, 0) is 25.8 Å². The summed E-state index contributed by atoms with van der Waals surface area (Å²) >= 11 is 0. The maximum Gasteiger partial charge on any atom is 0.257 e. The number of anilines is 1. The van der Waals surface area contributed by atoms with Crippen LogP contribution in [0.5, 0.6) is 0 Å². The molecule has 146 valence electrons. The Morgan fingerprint density at radius 2 is 1.75 bits per heavy atom. The van der Waals surface area contributed by atoms with E-state index in [4.69, 9.17) is 0 Å². The van der Waals surface area contributed by atoms with E-state index >= 15 is 0 Å². The third-order valence-electron chi connectivity index (χ3n) is 5.40. The molecule has 1 fully saturated rings. The number of fused-ring (bicyclic) bond motifs is 1. The average Bonchev–Trinajstić information content (AvgIpc) is 3.10. The maximum absolute atomic E-state index is 12.6. The summed E-state index contributed by atoms with van der Waals surface area (Å²) in [5.41, 5.74) is 3.43. The second-order valence-electron chi connectivity index (χ2n) is 7.37. The monoisotopic (exact) mass is 378 g/mol. The molecule has 28 heavy (non-hydrogen) atoms. The van der Waals surface area contributed by atoms with Crippen molar-refractivity contribution in [2.24, 2.45) is 0 Å². The van der Waals surface area contributed by atoms with E-state index in [2.05, 4.69) is 52.1 Å². The van der Waals surface area contributed by atoms with Gasteiger partial charge in [0, 0.05) is 37.9 Å². The Labute approximate surface area is 165 Å². The molecule has 3 aromatic rings. The van der Waals surface area contributed by atoms with Gasteiger partial charge in [0.2, 0.25) is 5.91 Å². The molecule has 0 spiro atoms. The van der Waals surface area contributed by atoms with Crippen LogP contribution in [0, 0.1) is 13.8 Å². The average molecular weight is 378 g/mol. The van der Waals surface area contributed by atoms with Gasteiger partial charge in [-0.1, -0.05) is 36.8 Å². The van der Waals surface area contributed by atoms with Gasteiger partial charge in [-0.2, -0.15) is 4.98 Å². The van der Waals surface area contributed by atoms with Gasteiger partial charge < -0.3 is 9.80 Å². The van der Waals surface area contributed by atoms with Crippen molar-refractivity contribution in [1.82, 2.24) is 24.5 Å². The Morgan fingerprint density at radius 3 is 2.43 bits per heavy atom. The molecule has 0 unspecified atom stereocenters. The maximum atomic E-state index is 12.6. The minimum Gasteiger partial charge on any atom is -0.353 e. The lowest BCUT2D eigenvalue weighted by Gasteiger charge is -2.35. The van der Waals surface area contributed by atoms with E-state index in [0.29, 0.717) is 25.3 Å². The van der Waals surface area contributed by atoms with Gasteiger partial charge in [-0.15, -0.1) is 10.2 Å². The predicted molar refractivity (Wildman–Crippen MR) is 109 cm³/mol. The molecule has 0 atom stereocenters. The van der Waals surface area contributed by atoms with Gasteiger partial charge in [-0.25, -0.2) is 0 Å². The minimum atomic E-state index is 0.189. The van der Waals surface area contributed by atoms with Crippen molar-refractivity contribution in [2.45, 2.75) is 33.6 Å². The Morgan fingerprint density at radius 1 is 1.04 bits per heavy atom. The van der Waals surface area contributed by atoms with E-state index in [1.807, 2.05) is 28.4 Å². The fourth-order valence-corrected chi connectivity index (χ4v) is 3.71. The first kappa shape index (κ1) is 18.4. The Hall–Kier alpha value is -2.96. The number of hydrogen-bond donors (Lipinski definition) is 0. The highest BCUT2D eigenvalue weighted by molar-refractivity contribution is 5.79. The number of hydrogen-bond acceptors (Lipinski definition) is 5. The summed E-state index contributed by atoms with van der Waals surface area (Å²) in [4.78, 5) is 21.5. The molecule has 7 nitrogen and oxygen atoms in total. The number of amides is 1. The first-order valence-electron chi connectivity index (χ1n) is 9.85. The summed E-state index contributed by atoms with van der Waals surface area (Å²) in [6, 6.07) is 10.3. The normalized spacial score (nSPS) is 14.7. The zero-order valence-corrected chi connectivity index (χ0v) is 16.7. The Balaban J connectivity index is 1.43. The Bertz CT molecular complexity index is 986. The summed E-state index contributed by atoms with van der Waals surface area (Å²) in [5, 5.41) is 8.34. The molecule has 7 heteroatoms. The summed E-state index contributed by atoms with van der Waals surface area (Å²) in [6.45, 7) is 9.10. The highest BCUT2D eigenvalue weighted by Crippen LogP contribution is 2.19. The van der Waals surface area contributed by atoms with Gasteiger partial charge in [0.25, 0.3) is 5.78 Å². The summed E-state index contributed by atoms with van der Waals surface area (Å²) < 4.78 is 2.00. The van der Waals surface area contributed by atoms with Crippen molar-refractivity contribution in [3.8, 4) is 0 Å². The van der Waals surface area contributed by atoms with Crippen LogP contribution in [-0.4, -0.2) is 56.6 Å². The number of carbonyl (C=O) groups excluding carboxylic acids is 1. The summed E-state index contributed by atoms with van der Waals surface area (Å²) in [7, 11) is 0. The zero-order chi connectivity index (χ0) is 19.7. The largest absolute Gasteiger partial charge is 0.353 e. The Kier molecular flexibility index (Phi) is 4.98. The molecule has 4 rings (SSSR count). The number of benzene rings is 1. The molecule has 1 aliphatic rings. The molecule has 0 radical (unpaired) electrons. The van der Waals surface area contributed by atoms with Crippen molar-refractivity contribution in [3.63, 3.8) is 0 Å². The van der Waals surface area contributed by atoms with Gasteiger partial charge >= 0.3 is 0 Å².